The average Bonchev–Trinajstić information content (AvgIpc) is 3.34. The van der Waals surface area contributed by atoms with Crippen LogP contribution < -0.4 is 10.1 Å². The predicted octanol–water partition coefficient (Wildman–Crippen LogP) is 3.49. The van der Waals surface area contributed by atoms with Crippen molar-refractivity contribution in [1.82, 2.24) is 24.4 Å². The number of nitrogens with one attached hydrogen (secondary N) is 1. The number of ether oxygens (including phenoxy) is 1. The van der Waals surface area contributed by atoms with Crippen LogP contribution in [-0.4, -0.2) is 37.4 Å². The van der Waals surface area contributed by atoms with Gasteiger partial charge in [0, 0.05) is 23.2 Å². The highest BCUT2D eigenvalue weighted by Crippen LogP contribution is 2.25. The molecule has 29 heavy (non-hydrogen) atoms. The summed E-state index contributed by atoms with van der Waals surface area (Å²) in [5, 5.41) is 11.2. The van der Waals surface area contributed by atoms with Crippen molar-refractivity contribution in [3.05, 3.63) is 65.6 Å². The minimum atomic E-state index is -0.486. The zero-order valence-corrected chi connectivity index (χ0v) is 16.3. The second-order valence-electron chi connectivity index (χ2n) is 6.02. The summed E-state index contributed by atoms with van der Waals surface area (Å²) in [4.78, 5) is 16.6. The number of nitrogens with zero attached hydrogens (tertiary/aromatic N) is 5. The van der Waals surface area contributed by atoms with Crippen molar-refractivity contribution in [1.29, 1.82) is 0 Å². The molecule has 0 fully saturated rings. The molecular formula is C19H15FN6O2S. The van der Waals surface area contributed by atoms with Gasteiger partial charge in [0.25, 0.3) is 5.91 Å². The molecule has 8 nitrogen and oxygen atoms in total. The highest BCUT2D eigenvalue weighted by molar-refractivity contribution is 7.10. The summed E-state index contributed by atoms with van der Waals surface area (Å²) in [6.07, 6.45) is 0. The van der Waals surface area contributed by atoms with Crippen LogP contribution in [0.25, 0.3) is 17.2 Å². The standard InChI is InChI=1S/C19H15FN6O2S/c1-11-16(23-25-26(11)14-7-4-8-15(10-14)28-2)17-21-19(29-24-17)22-18(27)12-5-3-6-13(20)9-12/h3-10H,1-2H3,(H,21,22,24,27). The monoisotopic (exact) mass is 410 g/mol. The molecule has 0 saturated heterocycles. The maximum absolute atomic E-state index is 13.3. The van der Waals surface area contributed by atoms with Crippen molar-refractivity contribution in [3.8, 4) is 23.0 Å². The smallest absolute Gasteiger partial charge is 0.257 e. The fourth-order valence-corrected chi connectivity index (χ4v) is 3.26. The summed E-state index contributed by atoms with van der Waals surface area (Å²) >= 11 is 1.01. The number of methoxy groups -OCH3 is 1. The van der Waals surface area contributed by atoms with Gasteiger partial charge in [-0.05, 0) is 37.3 Å². The van der Waals surface area contributed by atoms with Crippen molar-refractivity contribution in [2.45, 2.75) is 6.92 Å². The van der Waals surface area contributed by atoms with Gasteiger partial charge in [-0.2, -0.15) is 9.36 Å². The van der Waals surface area contributed by atoms with Crippen LogP contribution in [0.2, 0.25) is 0 Å². The molecule has 0 saturated carbocycles. The topological polar surface area (TPSA) is 94.8 Å². The molecule has 2 heterocycles. The Labute approximate surface area is 169 Å². The number of carbonyl (C=O) groups is 1. The maximum Gasteiger partial charge on any atom is 0.257 e. The number of carbonyl (C=O) groups excluding carboxylic acids is 1. The number of amides is 1. The third-order valence-electron chi connectivity index (χ3n) is 4.14. The molecule has 2 aromatic carbocycles. The first-order valence-electron chi connectivity index (χ1n) is 8.53. The van der Waals surface area contributed by atoms with Crippen LogP contribution in [0.5, 0.6) is 5.75 Å². The second-order valence-corrected chi connectivity index (χ2v) is 6.78. The van der Waals surface area contributed by atoms with Crippen LogP contribution in [-0.2, 0) is 0 Å². The highest BCUT2D eigenvalue weighted by Gasteiger charge is 2.18. The first-order valence-corrected chi connectivity index (χ1v) is 9.30. The molecule has 0 aliphatic heterocycles. The molecule has 0 bridgehead atoms. The number of hydrogen-bond acceptors (Lipinski definition) is 7. The normalized spacial score (nSPS) is 10.7. The van der Waals surface area contributed by atoms with Crippen molar-refractivity contribution in [3.63, 3.8) is 0 Å². The van der Waals surface area contributed by atoms with Gasteiger partial charge in [0.2, 0.25) is 5.13 Å². The first-order chi connectivity index (χ1) is 14.0. The van der Waals surface area contributed by atoms with Crippen LogP contribution in [0.3, 0.4) is 0 Å². The molecule has 2 aromatic heterocycles. The van der Waals surface area contributed by atoms with Crippen molar-refractivity contribution in [2.75, 3.05) is 12.4 Å². The van der Waals surface area contributed by atoms with Crippen molar-refractivity contribution < 1.29 is 13.9 Å². The summed E-state index contributed by atoms with van der Waals surface area (Å²) in [7, 11) is 1.59. The molecule has 4 aromatic rings. The molecule has 0 unspecified atom stereocenters. The largest absolute Gasteiger partial charge is 0.497 e. The van der Waals surface area contributed by atoms with Gasteiger partial charge in [0.1, 0.15) is 11.6 Å². The Hall–Kier alpha value is -3.66. The lowest BCUT2D eigenvalue weighted by molar-refractivity contribution is 0.102. The lowest BCUT2D eigenvalue weighted by Crippen LogP contribution is -2.11. The van der Waals surface area contributed by atoms with Crippen LogP contribution in [0.1, 0.15) is 16.1 Å². The number of anilines is 1. The zero-order valence-electron chi connectivity index (χ0n) is 15.5. The molecule has 0 spiro atoms. The lowest BCUT2D eigenvalue weighted by atomic mass is 10.2. The van der Waals surface area contributed by atoms with Gasteiger partial charge in [-0.25, -0.2) is 9.07 Å². The van der Waals surface area contributed by atoms with Gasteiger partial charge in [-0.15, -0.1) is 5.10 Å². The molecule has 1 amide bonds. The van der Waals surface area contributed by atoms with Gasteiger partial charge >= 0.3 is 0 Å². The number of rotatable bonds is 5. The summed E-state index contributed by atoms with van der Waals surface area (Å²) < 4.78 is 24.4. The molecule has 4 rings (SSSR count). The van der Waals surface area contributed by atoms with Crippen LogP contribution in [0.4, 0.5) is 9.52 Å². The summed E-state index contributed by atoms with van der Waals surface area (Å²) in [6.45, 7) is 1.85. The van der Waals surface area contributed by atoms with Crippen LogP contribution in [0.15, 0.2) is 48.5 Å². The van der Waals surface area contributed by atoms with Gasteiger partial charge < -0.3 is 4.74 Å². The Kier molecular flexibility index (Phi) is 5.00. The highest BCUT2D eigenvalue weighted by atomic mass is 32.1. The number of hydrogen-bond donors (Lipinski definition) is 1. The number of benzene rings is 2. The van der Waals surface area contributed by atoms with E-state index in [4.69, 9.17) is 4.74 Å². The van der Waals surface area contributed by atoms with E-state index in [1.165, 1.54) is 18.2 Å². The minimum absolute atomic E-state index is 0.196. The average molecular weight is 410 g/mol. The number of aromatic nitrogens is 5. The van der Waals surface area contributed by atoms with E-state index in [0.29, 0.717) is 17.3 Å². The van der Waals surface area contributed by atoms with E-state index in [2.05, 4.69) is 25.0 Å². The van der Waals surface area contributed by atoms with Crippen LogP contribution >= 0.6 is 11.5 Å². The Morgan fingerprint density at radius 2 is 2.03 bits per heavy atom. The fraction of sp³-hybridized carbons (Fsp3) is 0.105. The fourth-order valence-electron chi connectivity index (χ4n) is 2.69. The summed E-state index contributed by atoms with van der Waals surface area (Å²) in [5.41, 5.74) is 2.21. The van der Waals surface area contributed by atoms with E-state index < -0.39 is 11.7 Å². The van der Waals surface area contributed by atoms with E-state index in [1.54, 1.807) is 11.8 Å². The van der Waals surface area contributed by atoms with E-state index >= 15 is 0 Å². The van der Waals surface area contributed by atoms with Crippen molar-refractivity contribution in [2.24, 2.45) is 0 Å². The Morgan fingerprint density at radius 3 is 2.83 bits per heavy atom. The molecular weight excluding hydrogens is 395 g/mol. The molecule has 146 valence electrons. The van der Waals surface area contributed by atoms with E-state index in [-0.39, 0.29) is 10.7 Å². The Balaban J connectivity index is 1.57. The third kappa shape index (κ3) is 3.83. The van der Waals surface area contributed by atoms with Gasteiger partial charge in [-0.3, -0.25) is 10.1 Å². The lowest BCUT2D eigenvalue weighted by Gasteiger charge is -2.05. The molecule has 0 radical (unpaired) electrons. The molecule has 0 aliphatic rings. The van der Waals surface area contributed by atoms with Gasteiger partial charge in [0.05, 0.1) is 18.5 Å². The summed E-state index contributed by atoms with van der Waals surface area (Å²) in [5.74, 6) is 0.0913. The minimum Gasteiger partial charge on any atom is -0.497 e. The van der Waals surface area contributed by atoms with Gasteiger partial charge in [0.15, 0.2) is 11.5 Å². The summed E-state index contributed by atoms with van der Waals surface area (Å²) in [6, 6.07) is 12.8. The second kappa shape index (κ2) is 7.76. The molecule has 1 N–H and O–H groups in total. The van der Waals surface area contributed by atoms with E-state index in [0.717, 1.165) is 29.0 Å². The quantitative estimate of drug-likeness (QED) is 0.541. The maximum atomic E-state index is 13.3. The Morgan fingerprint density at radius 1 is 1.21 bits per heavy atom. The zero-order chi connectivity index (χ0) is 20.4. The predicted molar refractivity (Wildman–Crippen MR) is 106 cm³/mol. The van der Waals surface area contributed by atoms with Gasteiger partial charge in [-0.1, -0.05) is 17.3 Å². The van der Waals surface area contributed by atoms with Crippen molar-refractivity contribution >= 4 is 22.6 Å². The molecule has 0 atom stereocenters. The van der Waals surface area contributed by atoms with E-state index in [9.17, 15) is 9.18 Å². The first kappa shape index (κ1) is 18.7. The SMILES string of the molecule is COc1cccc(-n2nnc(-c3nsc(NC(=O)c4cccc(F)c4)n3)c2C)c1. The van der Waals surface area contributed by atoms with Crippen LogP contribution in [0, 0.1) is 12.7 Å². The molecule has 0 aliphatic carbocycles. The Bertz CT molecular complexity index is 1190. The number of halogens is 1. The molecule has 10 heteroatoms. The van der Waals surface area contributed by atoms with E-state index in [1.807, 2.05) is 31.2 Å². The third-order valence-corrected chi connectivity index (χ3v) is 4.77.